The van der Waals surface area contributed by atoms with Gasteiger partial charge in [-0.25, -0.2) is 4.98 Å². The molecule has 1 saturated heterocycles. The lowest BCUT2D eigenvalue weighted by Gasteiger charge is -2.45. The molecule has 2 heterocycles. The van der Waals surface area contributed by atoms with E-state index >= 15 is 0 Å². The maximum atomic E-state index is 12.6. The normalized spacial score (nSPS) is 18.1. The van der Waals surface area contributed by atoms with E-state index < -0.39 is 23.4 Å². The van der Waals surface area contributed by atoms with E-state index in [0.717, 1.165) is 6.07 Å². The number of hydrogen-bond donors (Lipinski definition) is 2. The fourth-order valence-corrected chi connectivity index (χ4v) is 1.97. The number of pyridine rings is 1. The van der Waals surface area contributed by atoms with Crippen molar-refractivity contribution < 1.29 is 23.1 Å². The molecule has 1 aliphatic heterocycles. The van der Waals surface area contributed by atoms with E-state index in [9.17, 15) is 23.1 Å². The SMILES string of the molecule is CC1(O)CN(c2nc(C(F)(F)F)ccc2C(N)=O)C1. The number of aromatic nitrogens is 1. The highest BCUT2D eigenvalue weighted by Crippen LogP contribution is 2.33. The van der Waals surface area contributed by atoms with Crippen LogP contribution in [0.1, 0.15) is 23.0 Å². The molecule has 3 N–H and O–H groups in total. The smallest absolute Gasteiger partial charge is 0.386 e. The van der Waals surface area contributed by atoms with Crippen LogP contribution in [-0.4, -0.2) is 34.7 Å². The van der Waals surface area contributed by atoms with Gasteiger partial charge in [0.05, 0.1) is 11.2 Å². The molecule has 1 aromatic heterocycles. The summed E-state index contributed by atoms with van der Waals surface area (Å²) in [6, 6.07) is 1.71. The highest BCUT2D eigenvalue weighted by atomic mass is 19.4. The molecular formula is C11H12F3N3O2. The van der Waals surface area contributed by atoms with E-state index in [4.69, 9.17) is 5.73 Å². The number of alkyl halides is 3. The van der Waals surface area contributed by atoms with Gasteiger partial charge < -0.3 is 15.7 Å². The summed E-state index contributed by atoms with van der Waals surface area (Å²) in [5, 5.41) is 9.60. The first-order chi connectivity index (χ1) is 8.60. The molecule has 1 aliphatic rings. The highest BCUT2D eigenvalue weighted by molar-refractivity contribution is 5.98. The number of carbonyl (C=O) groups excluding carboxylic acids is 1. The van der Waals surface area contributed by atoms with E-state index in [1.165, 1.54) is 4.90 Å². The summed E-state index contributed by atoms with van der Waals surface area (Å²) in [5.74, 6) is -1.00. The van der Waals surface area contributed by atoms with Crippen molar-refractivity contribution >= 4 is 11.7 Å². The van der Waals surface area contributed by atoms with Gasteiger partial charge in [0.1, 0.15) is 11.5 Å². The molecule has 0 unspecified atom stereocenters. The van der Waals surface area contributed by atoms with Gasteiger partial charge in [-0.2, -0.15) is 13.2 Å². The molecule has 0 bridgehead atoms. The summed E-state index contributed by atoms with van der Waals surface area (Å²) < 4.78 is 37.8. The Morgan fingerprint density at radius 2 is 2.05 bits per heavy atom. The van der Waals surface area contributed by atoms with Crippen molar-refractivity contribution in [3.8, 4) is 0 Å². The van der Waals surface area contributed by atoms with Gasteiger partial charge in [0.25, 0.3) is 5.91 Å². The molecule has 0 aliphatic carbocycles. The predicted octanol–water partition coefficient (Wildman–Crippen LogP) is 0.770. The first kappa shape index (κ1) is 13.6. The lowest BCUT2D eigenvalue weighted by molar-refractivity contribution is -0.141. The van der Waals surface area contributed by atoms with Crippen LogP contribution in [0.5, 0.6) is 0 Å². The predicted molar refractivity (Wildman–Crippen MR) is 60.6 cm³/mol. The van der Waals surface area contributed by atoms with Gasteiger partial charge >= 0.3 is 6.18 Å². The summed E-state index contributed by atoms with van der Waals surface area (Å²) in [4.78, 5) is 16.0. The van der Waals surface area contributed by atoms with Crippen LogP contribution in [0.15, 0.2) is 12.1 Å². The van der Waals surface area contributed by atoms with Crippen molar-refractivity contribution in [2.45, 2.75) is 18.7 Å². The first-order valence-electron chi connectivity index (χ1n) is 5.45. The van der Waals surface area contributed by atoms with Gasteiger partial charge in [0, 0.05) is 13.1 Å². The second kappa shape index (κ2) is 4.09. The van der Waals surface area contributed by atoms with Crippen LogP contribution < -0.4 is 10.6 Å². The van der Waals surface area contributed by atoms with Gasteiger partial charge in [-0.05, 0) is 19.1 Å². The van der Waals surface area contributed by atoms with E-state index in [1.54, 1.807) is 6.92 Å². The Hall–Kier alpha value is -1.83. The average molecular weight is 275 g/mol. The summed E-state index contributed by atoms with van der Waals surface area (Å²) in [6.07, 6.45) is -4.60. The minimum absolute atomic E-state index is 0.0940. The molecule has 1 aromatic rings. The quantitative estimate of drug-likeness (QED) is 0.835. The molecule has 0 saturated carbocycles. The zero-order chi connectivity index (χ0) is 14.4. The van der Waals surface area contributed by atoms with Gasteiger partial charge in [-0.15, -0.1) is 0 Å². The second-order valence-electron chi connectivity index (χ2n) is 4.78. The third kappa shape index (κ3) is 2.62. The molecule has 0 radical (unpaired) electrons. The number of amides is 1. The molecule has 2 rings (SSSR count). The first-order valence-corrected chi connectivity index (χ1v) is 5.45. The van der Waals surface area contributed by atoms with Crippen molar-refractivity contribution in [3.63, 3.8) is 0 Å². The Kier molecular flexibility index (Phi) is 2.93. The molecule has 8 heteroatoms. The third-order valence-electron chi connectivity index (χ3n) is 2.79. The van der Waals surface area contributed by atoms with Crippen LogP contribution in [0.4, 0.5) is 19.0 Å². The van der Waals surface area contributed by atoms with Crippen LogP contribution >= 0.6 is 0 Å². The van der Waals surface area contributed by atoms with Crippen LogP contribution in [0.3, 0.4) is 0 Å². The van der Waals surface area contributed by atoms with Crippen LogP contribution in [-0.2, 0) is 6.18 Å². The third-order valence-corrected chi connectivity index (χ3v) is 2.79. The van der Waals surface area contributed by atoms with Crippen molar-refractivity contribution in [1.82, 2.24) is 4.98 Å². The minimum Gasteiger partial charge on any atom is -0.386 e. The Morgan fingerprint density at radius 3 is 2.47 bits per heavy atom. The van der Waals surface area contributed by atoms with E-state index in [0.29, 0.717) is 6.07 Å². The van der Waals surface area contributed by atoms with Crippen molar-refractivity contribution in [2.24, 2.45) is 5.73 Å². The van der Waals surface area contributed by atoms with Crippen molar-refractivity contribution in [1.29, 1.82) is 0 Å². The topological polar surface area (TPSA) is 79.4 Å². The monoisotopic (exact) mass is 275 g/mol. The molecule has 5 nitrogen and oxygen atoms in total. The molecule has 0 atom stereocenters. The minimum atomic E-state index is -4.60. The second-order valence-corrected chi connectivity index (χ2v) is 4.78. The summed E-state index contributed by atoms with van der Waals surface area (Å²) in [5.41, 5.74) is 2.92. The molecule has 0 aromatic carbocycles. The zero-order valence-corrected chi connectivity index (χ0v) is 10.0. The van der Waals surface area contributed by atoms with E-state index in [1.807, 2.05) is 0 Å². The lowest BCUT2D eigenvalue weighted by atomic mass is 9.96. The fraction of sp³-hybridized carbons (Fsp3) is 0.455. The number of rotatable bonds is 2. The molecule has 104 valence electrons. The van der Waals surface area contributed by atoms with Gasteiger partial charge in [0.15, 0.2) is 0 Å². The van der Waals surface area contributed by atoms with Crippen LogP contribution in [0.2, 0.25) is 0 Å². The molecule has 0 spiro atoms. The van der Waals surface area contributed by atoms with Crippen molar-refractivity contribution in [3.05, 3.63) is 23.4 Å². The Morgan fingerprint density at radius 1 is 1.47 bits per heavy atom. The Labute approximate surface area is 106 Å². The number of nitrogens with two attached hydrogens (primary N) is 1. The van der Waals surface area contributed by atoms with E-state index in [2.05, 4.69) is 4.98 Å². The number of hydrogen-bond acceptors (Lipinski definition) is 4. The van der Waals surface area contributed by atoms with E-state index in [-0.39, 0.29) is 24.5 Å². The zero-order valence-electron chi connectivity index (χ0n) is 10.0. The summed E-state index contributed by atoms with van der Waals surface area (Å²) in [6.45, 7) is 1.74. The van der Waals surface area contributed by atoms with Gasteiger partial charge in [0.2, 0.25) is 0 Å². The highest BCUT2D eigenvalue weighted by Gasteiger charge is 2.40. The standard InChI is InChI=1S/C11H12F3N3O2/c1-10(19)4-17(5-10)9-6(8(15)18)2-3-7(16-9)11(12,13)14/h2-3,19H,4-5H2,1H3,(H2,15,18). The van der Waals surface area contributed by atoms with Gasteiger partial charge in [-0.1, -0.05) is 0 Å². The fourth-order valence-electron chi connectivity index (χ4n) is 1.97. The maximum Gasteiger partial charge on any atom is 0.433 e. The summed E-state index contributed by atoms with van der Waals surface area (Å²) in [7, 11) is 0. The number of anilines is 1. The number of carbonyl (C=O) groups is 1. The van der Waals surface area contributed by atoms with Crippen molar-refractivity contribution in [2.75, 3.05) is 18.0 Å². The summed E-state index contributed by atoms with van der Waals surface area (Å²) >= 11 is 0. The van der Waals surface area contributed by atoms with Gasteiger partial charge in [-0.3, -0.25) is 4.79 Å². The molecule has 1 fully saturated rings. The lowest BCUT2D eigenvalue weighted by Crippen LogP contribution is -2.60. The number of nitrogens with zero attached hydrogens (tertiary/aromatic N) is 2. The number of halogens is 3. The average Bonchev–Trinajstić information content (AvgIpc) is 2.23. The Balaban J connectivity index is 2.41. The van der Waals surface area contributed by atoms with Crippen LogP contribution in [0, 0.1) is 0 Å². The molecular weight excluding hydrogens is 263 g/mol. The molecule has 1 amide bonds. The Bertz CT molecular complexity index is 520. The van der Waals surface area contributed by atoms with Crippen LogP contribution in [0.25, 0.3) is 0 Å². The number of primary amides is 1. The number of aliphatic hydroxyl groups is 1. The number of β-amino-alcohol motifs (C(OH)–C–C–N with tert-alkyl or cyclic N) is 1. The largest absolute Gasteiger partial charge is 0.433 e. The maximum absolute atomic E-state index is 12.6. The molecule has 19 heavy (non-hydrogen) atoms.